The molecule has 25 heavy (non-hydrogen) atoms. The molecule has 8 nitrogen and oxygen atoms in total. The molecule has 0 aliphatic rings. The quantitative estimate of drug-likeness (QED) is 0.604. The lowest BCUT2D eigenvalue weighted by molar-refractivity contribution is -0.153. The lowest BCUT2D eigenvalue weighted by atomic mass is 10.1. The third kappa shape index (κ3) is 5.03. The number of nitrogens with one attached hydrogen (secondary N) is 1. The van der Waals surface area contributed by atoms with Gasteiger partial charge >= 0.3 is 5.97 Å². The summed E-state index contributed by atoms with van der Waals surface area (Å²) >= 11 is 0. The maximum absolute atomic E-state index is 11.9. The van der Waals surface area contributed by atoms with E-state index in [2.05, 4.69) is 10.5 Å². The molecular weight excluding hydrogens is 328 g/mol. The SMILES string of the molecule is CC(=O)c1cc(CCC(=O)O[C@H](C)C(=O)Nc2cc(C)no2)oc1C. The normalized spacial score (nSPS) is 11.8. The molecule has 0 fully saturated rings. The van der Waals surface area contributed by atoms with Gasteiger partial charge in [0.15, 0.2) is 11.9 Å². The molecule has 0 aromatic carbocycles. The number of ether oxygens (including phenoxy) is 1. The summed E-state index contributed by atoms with van der Waals surface area (Å²) in [6.45, 7) is 6.32. The molecule has 2 aromatic rings. The zero-order valence-corrected chi connectivity index (χ0v) is 14.5. The molecule has 0 aliphatic carbocycles. The third-order valence-corrected chi connectivity index (χ3v) is 3.48. The van der Waals surface area contributed by atoms with Crippen LogP contribution < -0.4 is 5.32 Å². The lowest BCUT2D eigenvalue weighted by Gasteiger charge is -2.11. The van der Waals surface area contributed by atoms with Gasteiger partial charge in [-0.15, -0.1) is 0 Å². The van der Waals surface area contributed by atoms with E-state index in [9.17, 15) is 14.4 Å². The summed E-state index contributed by atoms with van der Waals surface area (Å²) in [7, 11) is 0. The first-order chi connectivity index (χ1) is 11.8. The Balaban J connectivity index is 1.82. The number of carbonyl (C=O) groups is 3. The highest BCUT2D eigenvalue weighted by molar-refractivity contribution is 5.95. The average Bonchev–Trinajstić information content (AvgIpc) is 3.10. The van der Waals surface area contributed by atoms with E-state index in [4.69, 9.17) is 13.7 Å². The second-order valence-electron chi connectivity index (χ2n) is 5.69. The predicted molar refractivity (Wildman–Crippen MR) is 87.2 cm³/mol. The van der Waals surface area contributed by atoms with Crippen LogP contribution in [0.2, 0.25) is 0 Å². The van der Waals surface area contributed by atoms with Crippen molar-refractivity contribution in [3.05, 3.63) is 34.9 Å². The number of rotatable bonds is 7. The Hall–Kier alpha value is -2.90. The fraction of sp³-hybridized carbons (Fsp3) is 0.412. The van der Waals surface area contributed by atoms with Crippen LogP contribution >= 0.6 is 0 Å². The Kier molecular flexibility index (Phi) is 5.74. The zero-order chi connectivity index (χ0) is 18.6. The molecule has 134 valence electrons. The van der Waals surface area contributed by atoms with Crippen molar-refractivity contribution < 1.29 is 28.1 Å². The van der Waals surface area contributed by atoms with E-state index in [0.717, 1.165) is 0 Å². The van der Waals surface area contributed by atoms with E-state index in [1.165, 1.54) is 13.8 Å². The number of esters is 1. The molecule has 0 aliphatic heterocycles. The molecule has 8 heteroatoms. The number of ketones is 1. The smallest absolute Gasteiger partial charge is 0.307 e. The van der Waals surface area contributed by atoms with Gasteiger partial charge in [0, 0.05) is 12.5 Å². The van der Waals surface area contributed by atoms with Gasteiger partial charge in [-0.05, 0) is 33.8 Å². The monoisotopic (exact) mass is 348 g/mol. The van der Waals surface area contributed by atoms with Crippen molar-refractivity contribution >= 4 is 23.5 Å². The van der Waals surface area contributed by atoms with Crippen LogP contribution in [0.4, 0.5) is 5.88 Å². The molecule has 1 atom stereocenters. The molecule has 0 radical (unpaired) electrons. The Morgan fingerprint density at radius 1 is 1.28 bits per heavy atom. The Morgan fingerprint density at radius 2 is 2.00 bits per heavy atom. The van der Waals surface area contributed by atoms with Gasteiger partial charge in [0.25, 0.3) is 5.91 Å². The van der Waals surface area contributed by atoms with Crippen LogP contribution in [0.5, 0.6) is 0 Å². The number of anilines is 1. The largest absolute Gasteiger partial charge is 0.466 e. The Labute approximate surface area is 144 Å². The summed E-state index contributed by atoms with van der Waals surface area (Å²) in [4.78, 5) is 35.2. The first kappa shape index (κ1) is 18.4. The van der Waals surface area contributed by atoms with E-state index >= 15 is 0 Å². The van der Waals surface area contributed by atoms with Crippen LogP contribution in [0.25, 0.3) is 0 Å². The number of aromatic nitrogens is 1. The summed E-state index contributed by atoms with van der Waals surface area (Å²) in [5.41, 5.74) is 1.12. The van der Waals surface area contributed by atoms with E-state index < -0.39 is 18.0 Å². The van der Waals surface area contributed by atoms with Crippen molar-refractivity contribution in [1.29, 1.82) is 0 Å². The molecule has 2 heterocycles. The Bertz CT molecular complexity index is 789. The minimum absolute atomic E-state index is 0.0311. The predicted octanol–water partition coefficient (Wildman–Crippen LogP) is 2.59. The molecule has 0 saturated heterocycles. The summed E-state index contributed by atoms with van der Waals surface area (Å²) in [6.07, 6.45) is -0.671. The summed E-state index contributed by atoms with van der Waals surface area (Å²) in [5.74, 6) is 0.0723. The maximum Gasteiger partial charge on any atom is 0.307 e. The summed E-state index contributed by atoms with van der Waals surface area (Å²) in [6, 6.07) is 3.17. The second kappa shape index (κ2) is 7.78. The van der Waals surface area contributed by atoms with Gasteiger partial charge in [-0.1, -0.05) is 5.16 Å². The molecule has 1 N–H and O–H groups in total. The molecule has 2 rings (SSSR count). The number of aryl methyl sites for hydroxylation is 3. The van der Waals surface area contributed by atoms with Gasteiger partial charge in [0.05, 0.1) is 17.7 Å². The van der Waals surface area contributed by atoms with Crippen LogP contribution in [0.1, 0.15) is 47.8 Å². The van der Waals surface area contributed by atoms with Gasteiger partial charge in [0.1, 0.15) is 11.5 Å². The van der Waals surface area contributed by atoms with E-state index in [-0.39, 0.29) is 24.5 Å². The summed E-state index contributed by atoms with van der Waals surface area (Å²) in [5, 5.41) is 6.11. The highest BCUT2D eigenvalue weighted by Crippen LogP contribution is 2.17. The van der Waals surface area contributed by atoms with Gasteiger partial charge in [0.2, 0.25) is 5.88 Å². The molecule has 1 amide bonds. The first-order valence-corrected chi connectivity index (χ1v) is 7.80. The van der Waals surface area contributed by atoms with Crippen molar-refractivity contribution in [1.82, 2.24) is 5.16 Å². The van der Waals surface area contributed by atoms with Crippen LogP contribution in [-0.2, 0) is 20.7 Å². The molecule has 2 aromatic heterocycles. The third-order valence-electron chi connectivity index (χ3n) is 3.48. The maximum atomic E-state index is 11.9. The first-order valence-electron chi connectivity index (χ1n) is 7.80. The van der Waals surface area contributed by atoms with Crippen molar-refractivity contribution in [2.24, 2.45) is 0 Å². The van der Waals surface area contributed by atoms with Gasteiger partial charge < -0.3 is 13.7 Å². The van der Waals surface area contributed by atoms with Crippen molar-refractivity contribution in [2.75, 3.05) is 5.32 Å². The highest BCUT2D eigenvalue weighted by Gasteiger charge is 2.20. The minimum Gasteiger partial charge on any atom is -0.466 e. The number of hydrogen-bond acceptors (Lipinski definition) is 7. The van der Waals surface area contributed by atoms with Crippen LogP contribution in [-0.4, -0.2) is 28.9 Å². The van der Waals surface area contributed by atoms with E-state index in [1.807, 2.05) is 0 Å². The minimum atomic E-state index is -0.982. The molecule has 0 spiro atoms. The van der Waals surface area contributed by atoms with E-state index in [0.29, 0.717) is 22.8 Å². The van der Waals surface area contributed by atoms with Gasteiger partial charge in [-0.3, -0.25) is 19.7 Å². The van der Waals surface area contributed by atoms with Crippen LogP contribution in [0, 0.1) is 13.8 Å². The number of carbonyl (C=O) groups excluding carboxylic acids is 3. The van der Waals surface area contributed by atoms with Gasteiger partial charge in [-0.25, -0.2) is 0 Å². The van der Waals surface area contributed by atoms with Crippen LogP contribution in [0.3, 0.4) is 0 Å². The molecule has 0 bridgehead atoms. The fourth-order valence-corrected chi connectivity index (χ4v) is 2.20. The van der Waals surface area contributed by atoms with E-state index in [1.54, 1.807) is 26.0 Å². The number of furan rings is 1. The highest BCUT2D eigenvalue weighted by atomic mass is 16.5. The number of Topliss-reactive ketones (excluding diaryl/α,β-unsaturated/α-hetero) is 1. The molecule has 0 saturated carbocycles. The number of hydrogen-bond donors (Lipinski definition) is 1. The molecular formula is C17H20N2O6. The lowest BCUT2D eigenvalue weighted by Crippen LogP contribution is -2.29. The standard InChI is InChI=1S/C17H20N2O6/c1-9-7-15(25-19-9)18-17(22)12(4)24-16(21)6-5-13-8-14(10(2)20)11(3)23-13/h7-8,12H,5-6H2,1-4H3,(H,18,22)/t12-/m1/s1. The fourth-order valence-electron chi connectivity index (χ4n) is 2.20. The van der Waals surface area contributed by atoms with Gasteiger partial charge in [-0.2, -0.15) is 0 Å². The second-order valence-corrected chi connectivity index (χ2v) is 5.69. The average molecular weight is 348 g/mol. The van der Waals surface area contributed by atoms with Crippen molar-refractivity contribution in [3.63, 3.8) is 0 Å². The zero-order valence-electron chi connectivity index (χ0n) is 14.5. The number of nitrogens with zero attached hydrogens (tertiary/aromatic N) is 1. The van der Waals surface area contributed by atoms with Crippen LogP contribution in [0.15, 0.2) is 21.1 Å². The van der Waals surface area contributed by atoms with Crippen molar-refractivity contribution in [3.8, 4) is 0 Å². The van der Waals surface area contributed by atoms with Crippen molar-refractivity contribution in [2.45, 2.75) is 46.6 Å². The molecule has 0 unspecified atom stereocenters. The topological polar surface area (TPSA) is 112 Å². The Morgan fingerprint density at radius 3 is 2.56 bits per heavy atom. The summed E-state index contributed by atoms with van der Waals surface area (Å²) < 4.78 is 15.4. The number of amides is 1.